The number of aromatic nitrogens is 2. The third-order valence-electron chi connectivity index (χ3n) is 5.74. The van der Waals surface area contributed by atoms with Crippen LogP contribution in [0, 0.1) is 13.8 Å². The minimum Gasteiger partial charge on any atom is -0.383 e. The Bertz CT molecular complexity index is 1440. The number of benzene rings is 2. The first-order valence-corrected chi connectivity index (χ1v) is 13.4. The number of rotatable bonds is 10. The fourth-order valence-electron chi connectivity index (χ4n) is 4.07. The van der Waals surface area contributed by atoms with E-state index in [9.17, 15) is 9.59 Å². The predicted molar refractivity (Wildman–Crippen MR) is 145 cm³/mol. The summed E-state index contributed by atoms with van der Waals surface area (Å²) >= 11 is 2.87. The number of aryl methyl sites for hydroxylation is 2. The van der Waals surface area contributed by atoms with E-state index in [0.29, 0.717) is 35.9 Å². The second-order valence-electron chi connectivity index (χ2n) is 8.41. The highest BCUT2D eigenvalue weighted by Gasteiger charge is 2.12. The number of nitrogens with zero attached hydrogens (tertiary/aromatic N) is 4. The highest BCUT2D eigenvalue weighted by Crippen LogP contribution is 2.22. The number of carbonyl (C=O) groups is 2. The predicted octanol–water partition coefficient (Wildman–Crippen LogP) is 3.20. The summed E-state index contributed by atoms with van der Waals surface area (Å²) in [6.45, 7) is 5.57. The molecule has 4 rings (SSSR count). The maximum absolute atomic E-state index is 12.6. The van der Waals surface area contributed by atoms with Gasteiger partial charge in [-0.1, -0.05) is 46.9 Å². The van der Waals surface area contributed by atoms with Gasteiger partial charge in [-0.05, 0) is 37.1 Å². The Morgan fingerprint density at radius 3 is 1.59 bits per heavy atom. The van der Waals surface area contributed by atoms with Crippen LogP contribution in [0.4, 0.5) is 0 Å². The van der Waals surface area contributed by atoms with Crippen molar-refractivity contribution in [2.24, 2.45) is 9.98 Å². The maximum Gasteiger partial charge on any atom is 0.274 e. The van der Waals surface area contributed by atoms with E-state index in [1.54, 1.807) is 14.2 Å². The molecule has 9 nitrogen and oxygen atoms in total. The van der Waals surface area contributed by atoms with E-state index < -0.39 is 11.8 Å². The molecule has 2 aromatic carbocycles. The van der Waals surface area contributed by atoms with Crippen LogP contribution in [0.3, 0.4) is 0 Å². The number of hydrogen-bond donors (Lipinski definition) is 0. The van der Waals surface area contributed by atoms with E-state index in [1.165, 1.54) is 22.7 Å². The van der Waals surface area contributed by atoms with Crippen LogP contribution in [-0.2, 0) is 36.9 Å². The van der Waals surface area contributed by atoms with E-state index >= 15 is 0 Å². The summed E-state index contributed by atoms with van der Waals surface area (Å²) in [4.78, 5) is 34.8. The van der Waals surface area contributed by atoms with Crippen LogP contribution < -0.4 is 9.60 Å². The normalized spacial score (nSPS) is 12.8. The van der Waals surface area contributed by atoms with Crippen molar-refractivity contribution in [2.45, 2.75) is 26.9 Å². The van der Waals surface area contributed by atoms with Crippen molar-refractivity contribution < 1.29 is 23.8 Å². The van der Waals surface area contributed by atoms with Crippen LogP contribution in [0.1, 0.15) is 11.1 Å². The number of hydrogen-bond acceptors (Lipinski definition) is 7. The minimum atomic E-state index is -0.462. The van der Waals surface area contributed by atoms with Crippen LogP contribution in [0.25, 0.3) is 20.4 Å². The van der Waals surface area contributed by atoms with E-state index in [-0.39, 0.29) is 13.2 Å². The molecule has 0 unspecified atom stereocenters. The van der Waals surface area contributed by atoms with E-state index in [2.05, 4.69) is 9.98 Å². The lowest BCUT2D eigenvalue weighted by molar-refractivity contribution is -0.127. The molecule has 0 bridgehead atoms. The van der Waals surface area contributed by atoms with Gasteiger partial charge in [0.2, 0.25) is 0 Å². The van der Waals surface area contributed by atoms with Gasteiger partial charge < -0.3 is 23.3 Å². The molecule has 0 aliphatic rings. The first-order valence-electron chi connectivity index (χ1n) is 11.8. The average molecular weight is 543 g/mol. The number of thiazole rings is 2. The standard InChI is InChI=1S/C26H30N4O5S2/c1-17-7-5-9-19-23(17)29(11-13-33-3)25(36-19)27-21(31)15-35-16-22(32)28-26-30(12-14-34-4)24-18(2)8-6-10-20(24)37-26/h5-10H,11-16H2,1-4H3. The monoisotopic (exact) mass is 542 g/mol. The third-order valence-corrected chi connectivity index (χ3v) is 7.82. The summed E-state index contributed by atoms with van der Waals surface area (Å²) in [5, 5.41) is 0. The van der Waals surface area contributed by atoms with Crippen LogP contribution in [-0.4, -0.2) is 61.6 Å². The zero-order valence-electron chi connectivity index (χ0n) is 21.4. The van der Waals surface area contributed by atoms with Crippen molar-refractivity contribution in [1.29, 1.82) is 0 Å². The quantitative estimate of drug-likeness (QED) is 0.307. The Balaban J connectivity index is 1.49. The van der Waals surface area contributed by atoms with Crippen LogP contribution in [0.15, 0.2) is 46.4 Å². The van der Waals surface area contributed by atoms with Crippen molar-refractivity contribution in [1.82, 2.24) is 9.13 Å². The highest BCUT2D eigenvalue weighted by molar-refractivity contribution is 7.16. The van der Waals surface area contributed by atoms with Crippen LogP contribution in [0.2, 0.25) is 0 Å². The SMILES string of the molecule is COCCn1c(=NC(=O)COCC(=O)N=c2sc3cccc(C)c3n2CCOC)sc2cccc(C)c21. The summed E-state index contributed by atoms with van der Waals surface area (Å²) in [6, 6.07) is 12.0. The first-order chi connectivity index (χ1) is 17.9. The molecule has 0 spiro atoms. The molecule has 0 aliphatic carbocycles. The Kier molecular flexibility index (Phi) is 9.17. The molecule has 0 aliphatic heterocycles. The van der Waals surface area contributed by atoms with Gasteiger partial charge in [0.1, 0.15) is 13.2 Å². The third kappa shape index (κ3) is 6.31. The minimum absolute atomic E-state index is 0.312. The van der Waals surface area contributed by atoms with Crippen molar-refractivity contribution in [3.63, 3.8) is 0 Å². The lowest BCUT2D eigenvalue weighted by Gasteiger charge is -2.06. The Morgan fingerprint density at radius 2 is 1.19 bits per heavy atom. The molecule has 0 N–H and O–H groups in total. The molecular formula is C26H30N4O5S2. The molecule has 2 amide bonds. The second kappa shape index (κ2) is 12.5. The van der Waals surface area contributed by atoms with Crippen LogP contribution in [0.5, 0.6) is 0 Å². The molecule has 0 atom stereocenters. The zero-order valence-corrected chi connectivity index (χ0v) is 23.0. The fraction of sp³-hybridized carbons (Fsp3) is 0.385. The summed E-state index contributed by atoms with van der Waals surface area (Å²) < 4.78 is 21.9. The molecule has 11 heteroatoms. The van der Waals surface area contributed by atoms with Gasteiger partial charge in [-0.2, -0.15) is 9.98 Å². The summed E-state index contributed by atoms with van der Waals surface area (Å²) in [6.07, 6.45) is 0. The fourth-order valence-corrected chi connectivity index (χ4v) is 6.37. The molecule has 0 radical (unpaired) electrons. The average Bonchev–Trinajstić information content (AvgIpc) is 3.40. The highest BCUT2D eigenvalue weighted by atomic mass is 32.1. The molecule has 4 aromatic rings. The van der Waals surface area contributed by atoms with Gasteiger partial charge in [0, 0.05) is 27.3 Å². The summed E-state index contributed by atoms with van der Waals surface area (Å²) in [7, 11) is 3.28. The number of carbonyl (C=O) groups excluding carboxylic acids is 2. The maximum atomic E-state index is 12.6. The Hall–Kier alpha value is -2.96. The second-order valence-corrected chi connectivity index (χ2v) is 10.4. The zero-order chi connectivity index (χ0) is 26.4. The topological polar surface area (TPSA) is 96.4 Å². The molecule has 2 heterocycles. The lowest BCUT2D eigenvalue weighted by atomic mass is 10.2. The molecule has 37 heavy (non-hydrogen) atoms. The van der Waals surface area contributed by atoms with Gasteiger partial charge in [0.15, 0.2) is 9.60 Å². The summed E-state index contributed by atoms with van der Waals surface area (Å²) in [5.74, 6) is -0.924. The van der Waals surface area contributed by atoms with Crippen molar-refractivity contribution in [3.8, 4) is 0 Å². The number of fused-ring (bicyclic) bond motifs is 2. The van der Waals surface area contributed by atoms with E-state index in [0.717, 1.165) is 31.6 Å². The molecule has 0 fully saturated rings. The molecule has 196 valence electrons. The molecular weight excluding hydrogens is 512 g/mol. The van der Waals surface area contributed by atoms with Gasteiger partial charge in [-0.3, -0.25) is 9.59 Å². The molecule has 0 saturated heterocycles. The van der Waals surface area contributed by atoms with Crippen molar-refractivity contribution >= 4 is 54.9 Å². The van der Waals surface area contributed by atoms with E-state index in [4.69, 9.17) is 14.2 Å². The van der Waals surface area contributed by atoms with Gasteiger partial charge in [0.25, 0.3) is 11.8 Å². The van der Waals surface area contributed by atoms with Gasteiger partial charge >= 0.3 is 0 Å². The number of amides is 2. The lowest BCUT2D eigenvalue weighted by Crippen LogP contribution is -2.22. The first kappa shape index (κ1) is 27.1. The molecule has 2 aromatic heterocycles. The molecule has 0 saturated carbocycles. The van der Waals surface area contributed by atoms with E-state index in [1.807, 2.05) is 59.4 Å². The van der Waals surface area contributed by atoms with Crippen LogP contribution >= 0.6 is 22.7 Å². The largest absolute Gasteiger partial charge is 0.383 e. The smallest absolute Gasteiger partial charge is 0.274 e. The van der Waals surface area contributed by atoms with Gasteiger partial charge in [-0.25, -0.2) is 0 Å². The number of ether oxygens (including phenoxy) is 3. The van der Waals surface area contributed by atoms with Crippen molar-refractivity contribution in [2.75, 3.05) is 40.6 Å². The number of para-hydroxylation sites is 2. The van der Waals surface area contributed by atoms with Crippen molar-refractivity contribution in [3.05, 3.63) is 57.1 Å². The Labute approximate surface area is 222 Å². The summed E-state index contributed by atoms with van der Waals surface area (Å²) in [5.41, 5.74) is 4.26. The van der Waals surface area contributed by atoms with Gasteiger partial charge in [0.05, 0.1) is 33.6 Å². The Morgan fingerprint density at radius 1 is 0.757 bits per heavy atom. The number of methoxy groups -OCH3 is 2. The van der Waals surface area contributed by atoms with Gasteiger partial charge in [-0.15, -0.1) is 0 Å².